The molecular weight excluding hydrogens is 250 g/mol. The second kappa shape index (κ2) is 4.38. The van der Waals surface area contributed by atoms with Crippen molar-refractivity contribution in [2.24, 2.45) is 0 Å². The standard InChI is InChI=1S/C12H11N3O2S/c16-8-4-9(11-2-1-3-18-11)12(10(17)5-8)15-7-13-6-14-15/h1-3,5-7,9,12,17H,4H2/t9-,12+/m0/s1. The van der Waals surface area contributed by atoms with E-state index in [1.807, 2.05) is 17.5 Å². The van der Waals surface area contributed by atoms with E-state index in [9.17, 15) is 9.90 Å². The van der Waals surface area contributed by atoms with Crippen LogP contribution in [0, 0.1) is 0 Å². The zero-order valence-corrected chi connectivity index (χ0v) is 10.2. The summed E-state index contributed by atoms with van der Waals surface area (Å²) in [5.74, 6) is -0.0818. The number of thiophene rings is 1. The molecule has 92 valence electrons. The SMILES string of the molecule is O=C1C=C(O)[C@H](n2cncn2)[C@H](c2cccs2)C1. The molecule has 2 aromatic heterocycles. The maximum Gasteiger partial charge on any atom is 0.159 e. The van der Waals surface area contributed by atoms with E-state index in [2.05, 4.69) is 10.1 Å². The molecule has 0 aromatic carbocycles. The second-order valence-corrected chi connectivity index (χ2v) is 5.16. The minimum atomic E-state index is -0.344. The van der Waals surface area contributed by atoms with Crippen molar-refractivity contribution < 1.29 is 9.90 Å². The van der Waals surface area contributed by atoms with Gasteiger partial charge in [0.2, 0.25) is 0 Å². The van der Waals surface area contributed by atoms with E-state index < -0.39 is 0 Å². The van der Waals surface area contributed by atoms with Gasteiger partial charge >= 0.3 is 0 Å². The van der Waals surface area contributed by atoms with E-state index in [1.165, 1.54) is 12.4 Å². The van der Waals surface area contributed by atoms with Crippen molar-refractivity contribution in [1.82, 2.24) is 14.8 Å². The Morgan fingerprint density at radius 3 is 3.06 bits per heavy atom. The van der Waals surface area contributed by atoms with Crippen LogP contribution in [0.25, 0.3) is 0 Å². The van der Waals surface area contributed by atoms with Gasteiger partial charge in [0.1, 0.15) is 24.5 Å². The third-order valence-electron chi connectivity index (χ3n) is 3.04. The Labute approximate surface area is 107 Å². The highest BCUT2D eigenvalue weighted by molar-refractivity contribution is 7.10. The van der Waals surface area contributed by atoms with E-state index in [0.29, 0.717) is 6.42 Å². The average molecular weight is 261 g/mol. The maximum atomic E-state index is 11.6. The Kier molecular flexibility index (Phi) is 2.71. The zero-order chi connectivity index (χ0) is 12.5. The van der Waals surface area contributed by atoms with Gasteiger partial charge in [0.25, 0.3) is 0 Å². The molecule has 1 aliphatic carbocycles. The van der Waals surface area contributed by atoms with Crippen LogP contribution >= 0.6 is 11.3 Å². The minimum Gasteiger partial charge on any atom is -0.510 e. The second-order valence-electron chi connectivity index (χ2n) is 4.18. The van der Waals surface area contributed by atoms with E-state index >= 15 is 0 Å². The van der Waals surface area contributed by atoms with Gasteiger partial charge < -0.3 is 5.11 Å². The van der Waals surface area contributed by atoms with Crippen molar-refractivity contribution >= 4 is 17.1 Å². The third-order valence-corrected chi connectivity index (χ3v) is 4.05. The average Bonchev–Trinajstić information content (AvgIpc) is 3.01. The van der Waals surface area contributed by atoms with Crippen LogP contribution in [0.3, 0.4) is 0 Å². The number of aliphatic hydroxyl groups is 1. The van der Waals surface area contributed by atoms with Crippen LogP contribution in [-0.4, -0.2) is 25.7 Å². The fourth-order valence-corrected chi connectivity index (χ4v) is 3.14. The highest BCUT2D eigenvalue weighted by Gasteiger charge is 2.35. The lowest BCUT2D eigenvalue weighted by Gasteiger charge is -2.28. The molecule has 0 radical (unpaired) electrons. The van der Waals surface area contributed by atoms with Gasteiger partial charge in [0.05, 0.1) is 0 Å². The molecule has 2 atom stereocenters. The summed E-state index contributed by atoms with van der Waals surface area (Å²) in [6.07, 6.45) is 4.66. The lowest BCUT2D eigenvalue weighted by molar-refractivity contribution is -0.116. The van der Waals surface area contributed by atoms with Crippen molar-refractivity contribution in [2.75, 3.05) is 0 Å². The number of rotatable bonds is 2. The Bertz CT molecular complexity index is 575. The van der Waals surface area contributed by atoms with Crippen molar-refractivity contribution in [2.45, 2.75) is 18.4 Å². The van der Waals surface area contributed by atoms with Crippen molar-refractivity contribution in [3.05, 3.63) is 46.9 Å². The summed E-state index contributed by atoms with van der Waals surface area (Å²) in [4.78, 5) is 16.6. The van der Waals surface area contributed by atoms with Gasteiger partial charge in [-0.15, -0.1) is 11.3 Å². The summed E-state index contributed by atoms with van der Waals surface area (Å²) in [7, 11) is 0. The zero-order valence-electron chi connectivity index (χ0n) is 9.43. The fourth-order valence-electron chi connectivity index (χ4n) is 2.28. The molecular formula is C12H11N3O2S. The molecule has 18 heavy (non-hydrogen) atoms. The summed E-state index contributed by atoms with van der Waals surface area (Å²) in [5, 5.41) is 16.1. The molecule has 6 heteroatoms. The Hall–Kier alpha value is -1.95. The number of allylic oxidation sites excluding steroid dienone is 2. The molecule has 2 heterocycles. The molecule has 1 aliphatic rings. The predicted octanol–water partition coefficient (Wildman–Crippen LogP) is 2.08. The van der Waals surface area contributed by atoms with Crippen molar-refractivity contribution in [1.29, 1.82) is 0 Å². The highest BCUT2D eigenvalue weighted by Crippen LogP contribution is 2.40. The molecule has 3 rings (SSSR count). The van der Waals surface area contributed by atoms with E-state index in [4.69, 9.17) is 0 Å². The number of aliphatic hydroxyl groups excluding tert-OH is 1. The summed E-state index contributed by atoms with van der Waals surface area (Å²) in [6.45, 7) is 0. The quantitative estimate of drug-likeness (QED) is 0.898. The topological polar surface area (TPSA) is 68.0 Å². The van der Waals surface area contributed by atoms with Crippen LogP contribution in [-0.2, 0) is 4.79 Å². The van der Waals surface area contributed by atoms with Gasteiger partial charge in [-0.05, 0) is 11.4 Å². The van der Waals surface area contributed by atoms with Gasteiger partial charge in [-0.3, -0.25) is 4.79 Å². The first-order valence-electron chi connectivity index (χ1n) is 5.56. The lowest BCUT2D eigenvalue weighted by Crippen LogP contribution is -2.26. The van der Waals surface area contributed by atoms with Crippen LogP contribution in [0.1, 0.15) is 23.3 Å². The lowest BCUT2D eigenvalue weighted by atomic mass is 9.86. The van der Waals surface area contributed by atoms with Crippen LogP contribution < -0.4 is 0 Å². The molecule has 0 spiro atoms. The fraction of sp³-hybridized carbons (Fsp3) is 0.250. The summed E-state index contributed by atoms with van der Waals surface area (Å²) in [5.41, 5.74) is 0. The minimum absolute atomic E-state index is 0.0511. The first kappa shape index (κ1) is 11.2. The Balaban J connectivity index is 2.05. The molecule has 0 bridgehead atoms. The third kappa shape index (κ3) is 1.84. The van der Waals surface area contributed by atoms with E-state index in [1.54, 1.807) is 22.3 Å². The summed E-state index contributed by atoms with van der Waals surface area (Å²) >= 11 is 1.58. The normalized spacial score (nSPS) is 24.0. The van der Waals surface area contributed by atoms with Gasteiger partial charge in [0, 0.05) is 23.3 Å². The largest absolute Gasteiger partial charge is 0.510 e. The number of carbonyl (C=O) groups excluding carboxylic acids is 1. The van der Waals surface area contributed by atoms with Crippen LogP contribution in [0.15, 0.2) is 42.0 Å². The van der Waals surface area contributed by atoms with E-state index in [-0.39, 0.29) is 23.5 Å². The molecule has 0 unspecified atom stereocenters. The molecule has 5 nitrogen and oxygen atoms in total. The van der Waals surface area contributed by atoms with Gasteiger partial charge in [-0.2, -0.15) is 5.10 Å². The van der Waals surface area contributed by atoms with Crippen molar-refractivity contribution in [3.63, 3.8) is 0 Å². The molecule has 2 aromatic rings. The molecule has 0 saturated carbocycles. The number of hydrogen-bond acceptors (Lipinski definition) is 5. The summed E-state index contributed by atoms with van der Waals surface area (Å²) < 4.78 is 1.60. The monoisotopic (exact) mass is 261 g/mol. The van der Waals surface area contributed by atoms with Gasteiger partial charge in [-0.25, -0.2) is 9.67 Å². The molecule has 0 aliphatic heterocycles. The Morgan fingerprint density at radius 1 is 1.50 bits per heavy atom. The number of ketones is 1. The molecule has 0 fully saturated rings. The van der Waals surface area contributed by atoms with E-state index in [0.717, 1.165) is 4.88 Å². The first-order valence-corrected chi connectivity index (χ1v) is 6.44. The summed E-state index contributed by atoms with van der Waals surface area (Å²) in [6, 6.07) is 3.58. The molecule has 0 amide bonds. The number of aromatic nitrogens is 3. The predicted molar refractivity (Wildman–Crippen MR) is 66.5 cm³/mol. The number of nitrogens with zero attached hydrogens (tertiary/aromatic N) is 3. The highest BCUT2D eigenvalue weighted by atomic mass is 32.1. The molecule has 1 N–H and O–H groups in total. The van der Waals surface area contributed by atoms with Gasteiger partial charge in [0.15, 0.2) is 5.78 Å². The van der Waals surface area contributed by atoms with Crippen LogP contribution in [0.5, 0.6) is 0 Å². The van der Waals surface area contributed by atoms with Gasteiger partial charge in [-0.1, -0.05) is 6.07 Å². The first-order chi connectivity index (χ1) is 8.75. The number of carbonyl (C=O) groups is 1. The molecule has 0 saturated heterocycles. The Morgan fingerprint density at radius 2 is 2.39 bits per heavy atom. The maximum absolute atomic E-state index is 11.6. The van der Waals surface area contributed by atoms with Crippen LogP contribution in [0.2, 0.25) is 0 Å². The number of hydrogen-bond donors (Lipinski definition) is 1. The van der Waals surface area contributed by atoms with Crippen molar-refractivity contribution in [3.8, 4) is 0 Å². The van der Waals surface area contributed by atoms with Crippen LogP contribution in [0.4, 0.5) is 0 Å². The smallest absolute Gasteiger partial charge is 0.159 e.